The number of thioether (sulfide) groups is 2. The maximum absolute atomic E-state index is 11.6. The number of carbonyl (C=O) groups is 1. The Balaban J connectivity index is 2.93. The Morgan fingerprint density at radius 2 is 2.33 bits per heavy atom. The fourth-order valence-electron chi connectivity index (χ4n) is 1.13. The van der Waals surface area contributed by atoms with Crippen LogP contribution in [0.25, 0.3) is 0 Å². The van der Waals surface area contributed by atoms with Gasteiger partial charge in [-0.15, -0.1) is 11.8 Å². The highest BCUT2D eigenvalue weighted by Crippen LogP contribution is 2.38. The summed E-state index contributed by atoms with van der Waals surface area (Å²) in [5.74, 6) is 1.02. The van der Waals surface area contributed by atoms with Crippen LogP contribution >= 0.6 is 23.5 Å². The first-order chi connectivity index (χ1) is 7.10. The van der Waals surface area contributed by atoms with Crippen molar-refractivity contribution in [2.75, 3.05) is 5.75 Å². The van der Waals surface area contributed by atoms with E-state index >= 15 is 0 Å². The van der Waals surface area contributed by atoms with Gasteiger partial charge in [0.1, 0.15) is 11.6 Å². The van der Waals surface area contributed by atoms with Crippen molar-refractivity contribution in [2.45, 2.75) is 26.1 Å². The Kier molecular flexibility index (Phi) is 4.55. The molecule has 1 amide bonds. The first-order valence-electron chi connectivity index (χ1n) is 4.84. The molecule has 3 nitrogen and oxygen atoms in total. The van der Waals surface area contributed by atoms with Crippen molar-refractivity contribution < 1.29 is 4.79 Å². The molecule has 0 saturated carbocycles. The number of hydrogen-bond donors (Lipinski definition) is 1. The molecule has 1 atom stereocenters. The summed E-state index contributed by atoms with van der Waals surface area (Å²) in [6, 6.07) is 1.97. The molecule has 1 rings (SSSR count). The third-order valence-electron chi connectivity index (χ3n) is 1.93. The minimum atomic E-state index is -0.231. The van der Waals surface area contributed by atoms with Crippen LogP contribution in [0.5, 0.6) is 0 Å². The average molecular weight is 242 g/mol. The average Bonchev–Trinajstić information content (AvgIpc) is 2.17. The fourth-order valence-corrected chi connectivity index (χ4v) is 3.54. The molecule has 5 heteroatoms. The molecule has 15 heavy (non-hydrogen) atoms. The first-order valence-corrected chi connectivity index (χ1v) is 6.71. The Morgan fingerprint density at radius 1 is 1.67 bits per heavy atom. The summed E-state index contributed by atoms with van der Waals surface area (Å²) in [7, 11) is 0. The quantitative estimate of drug-likeness (QED) is 0.825. The SMILES string of the molecule is CCSC1=C(C#N)C(=O)NC(C(C)C)S1. The van der Waals surface area contributed by atoms with Gasteiger partial charge in [-0.05, 0) is 11.7 Å². The topological polar surface area (TPSA) is 52.9 Å². The molecule has 0 aromatic rings. The van der Waals surface area contributed by atoms with Gasteiger partial charge < -0.3 is 5.32 Å². The number of nitrogens with zero attached hydrogens (tertiary/aromatic N) is 1. The maximum atomic E-state index is 11.6. The Bertz CT molecular complexity index is 331. The molecule has 1 aliphatic rings. The van der Waals surface area contributed by atoms with Gasteiger partial charge in [0.15, 0.2) is 0 Å². The van der Waals surface area contributed by atoms with E-state index in [0.717, 1.165) is 9.99 Å². The molecule has 0 bridgehead atoms. The molecular formula is C10H14N2OS2. The van der Waals surface area contributed by atoms with Crippen LogP contribution in [0.15, 0.2) is 9.81 Å². The molecule has 0 radical (unpaired) electrons. The van der Waals surface area contributed by atoms with Gasteiger partial charge in [0.05, 0.1) is 9.61 Å². The molecule has 0 aliphatic carbocycles. The lowest BCUT2D eigenvalue weighted by atomic mass is 10.2. The molecule has 0 spiro atoms. The van der Waals surface area contributed by atoms with Crippen molar-refractivity contribution in [3.05, 3.63) is 9.81 Å². The Morgan fingerprint density at radius 3 is 2.80 bits per heavy atom. The standard InChI is InChI=1S/C10H14N2OS2/c1-4-14-10-7(5-11)8(13)12-9(15-10)6(2)3/h6,9H,4H2,1-3H3,(H,12,13). The van der Waals surface area contributed by atoms with Crippen molar-refractivity contribution in [2.24, 2.45) is 5.92 Å². The largest absolute Gasteiger partial charge is 0.339 e. The molecule has 0 aromatic carbocycles. The van der Waals surface area contributed by atoms with Crippen molar-refractivity contribution in [1.82, 2.24) is 5.32 Å². The second-order valence-corrected chi connectivity index (χ2v) is 6.15. The monoisotopic (exact) mass is 242 g/mol. The summed E-state index contributed by atoms with van der Waals surface area (Å²) in [5.41, 5.74) is 0.267. The summed E-state index contributed by atoms with van der Waals surface area (Å²) in [6.45, 7) is 6.14. The van der Waals surface area contributed by atoms with E-state index in [1.165, 1.54) is 0 Å². The van der Waals surface area contributed by atoms with Gasteiger partial charge in [-0.1, -0.05) is 32.5 Å². The van der Waals surface area contributed by atoms with Gasteiger partial charge in [-0.2, -0.15) is 5.26 Å². The van der Waals surface area contributed by atoms with Gasteiger partial charge >= 0.3 is 0 Å². The lowest BCUT2D eigenvalue weighted by molar-refractivity contribution is -0.117. The zero-order valence-corrected chi connectivity index (χ0v) is 10.7. The number of nitrogens with one attached hydrogen (secondary N) is 1. The van der Waals surface area contributed by atoms with E-state index in [9.17, 15) is 4.79 Å². The number of amides is 1. The van der Waals surface area contributed by atoms with Crippen LogP contribution in [0.1, 0.15) is 20.8 Å². The first kappa shape index (κ1) is 12.5. The van der Waals surface area contributed by atoms with Crippen molar-refractivity contribution >= 4 is 29.4 Å². The molecule has 0 saturated heterocycles. The molecular weight excluding hydrogens is 228 g/mol. The maximum Gasteiger partial charge on any atom is 0.264 e. The van der Waals surface area contributed by atoms with Crippen LogP contribution in [-0.4, -0.2) is 17.0 Å². The normalized spacial score (nSPS) is 21.5. The lowest BCUT2D eigenvalue weighted by Crippen LogP contribution is -2.39. The van der Waals surface area contributed by atoms with Crippen molar-refractivity contribution in [3.63, 3.8) is 0 Å². The van der Waals surface area contributed by atoms with Gasteiger partial charge in [0, 0.05) is 0 Å². The Hall–Kier alpha value is -0.600. The summed E-state index contributed by atoms with van der Waals surface area (Å²) in [5, 5.41) is 11.8. The Labute approximate surface area is 98.7 Å². The number of carbonyl (C=O) groups excluding carboxylic acids is 1. The predicted molar refractivity (Wildman–Crippen MR) is 65.1 cm³/mol. The van der Waals surface area contributed by atoms with E-state index in [1.807, 2.05) is 13.0 Å². The highest BCUT2D eigenvalue weighted by atomic mass is 32.2. The zero-order valence-electron chi connectivity index (χ0n) is 9.03. The smallest absolute Gasteiger partial charge is 0.264 e. The van der Waals surface area contributed by atoms with E-state index in [-0.39, 0.29) is 16.9 Å². The van der Waals surface area contributed by atoms with Crippen LogP contribution < -0.4 is 5.32 Å². The van der Waals surface area contributed by atoms with E-state index in [4.69, 9.17) is 5.26 Å². The highest BCUT2D eigenvalue weighted by Gasteiger charge is 2.29. The van der Waals surface area contributed by atoms with E-state index in [0.29, 0.717) is 5.92 Å². The van der Waals surface area contributed by atoms with Gasteiger partial charge in [-0.25, -0.2) is 0 Å². The second-order valence-electron chi connectivity index (χ2n) is 3.46. The van der Waals surface area contributed by atoms with E-state index in [2.05, 4.69) is 19.2 Å². The summed E-state index contributed by atoms with van der Waals surface area (Å²) < 4.78 is 0.863. The van der Waals surface area contributed by atoms with Crippen LogP contribution in [-0.2, 0) is 4.79 Å². The van der Waals surface area contributed by atoms with Gasteiger partial charge in [-0.3, -0.25) is 4.79 Å². The highest BCUT2D eigenvalue weighted by molar-refractivity contribution is 8.22. The molecule has 1 heterocycles. The fraction of sp³-hybridized carbons (Fsp3) is 0.600. The van der Waals surface area contributed by atoms with Crippen LogP contribution in [0.2, 0.25) is 0 Å². The summed E-state index contributed by atoms with van der Waals surface area (Å²) >= 11 is 3.16. The minimum Gasteiger partial charge on any atom is -0.339 e. The lowest BCUT2D eigenvalue weighted by Gasteiger charge is -2.27. The number of rotatable bonds is 3. The van der Waals surface area contributed by atoms with Crippen molar-refractivity contribution in [3.8, 4) is 6.07 Å². The van der Waals surface area contributed by atoms with Gasteiger partial charge in [0.2, 0.25) is 0 Å². The van der Waals surface area contributed by atoms with Crippen LogP contribution in [0.3, 0.4) is 0 Å². The van der Waals surface area contributed by atoms with Crippen LogP contribution in [0, 0.1) is 17.2 Å². The molecule has 1 N–H and O–H groups in total. The van der Waals surface area contributed by atoms with Crippen LogP contribution in [0.4, 0.5) is 0 Å². The summed E-state index contributed by atoms with van der Waals surface area (Å²) in [4.78, 5) is 11.6. The summed E-state index contributed by atoms with van der Waals surface area (Å²) in [6.07, 6.45) is 0. The number of hydrogen-bond acceptors (Lipinski definition) is 4. The molecule has 1 aliphatic heterocycles. The number of nitriles is 1. The third-order valence-corrected chi connectivity index (χ3v) is 4.66. The minimum absolute atomic E-state index is 0.0867. The molecule has 82 valence electrons. The third kappa shape index (κ3) is 2.93. The van der Waals surface area contributed by atoms with Gasteiger partial charge in [0.25, 0.3) is 5.91 Å². The molecule has 0 aromatic heterocycles. The zero-order chi connectivity index (χ0) is 11.4. The van der Waals surface area contributed by atoms with E-state index in [1.54, 1.807) is 23.5 Å². The van der Waals surface area contributed by atoms with E-state index < -0.39 is 0 Å². The molecule has 0 fully saturated rings. The molecule has 1 unspecified atom stereocenters. The van der Waals surface area contributed by atoms with Crippen molar-refractivity contribution in [1.29, 1.82) is 5.26 Å². The second kappa shape index (κ2) is 5.47. The predicted octanol–water partition coefficient (Wildman–Crippen LogP) is 2.32.